The zero-order chi connectivity index (χ0) is 37.7. The molecule has 0 aliphatic carbocycles. The Morgan fingerprint density at radius 3 is 2.52 bits per heavy atom. The van der Waals surface area contributed by atoms with Crippen molar-refractivity contribution in [3.05, 3.63) is 101 Å². The van der Waals surface area contributed by atoms with Crippen LogP contribution < -0.4 is 14.5 Å². The second-order valence-corrected chi connectivity index (χ2v) is 14.8. The van der Waals surface area contributed by atoms with Gasteiger partial charge in [-0.1, -0.05) is 66.7 Å². The molecule has 7 rings (SSSR count). The SMILES string of the molecule is [C-]#[N+]C[C@H]1CN(c2nc(OC[C@H]3CN(C(=O)OC(C)(C)C)CCO3)nc3c2CCN(c2cccc4ccccc24)C3)CCN1C(=O)OCc1ccccc1. The minimum absolute atomic E-state index is 0.135. The molecule has 3 aliphatic rings. The Labute approximate surface area is 316 Å². The van der Waals surface area contributed by atoms with Gasteiger partial charge < -0.3 is 38.5 Å². The van der Waals surface area contributed by atoms with Crippen LogP contribution >= 0.6 is 0 Å². The van der Waals surface area contributed by atoms with Gasteiger partial charge in [0, 0.05) is 49.4 Å². The molecule has 3 aliphatic heterocycles. The Hall–Kier alpha value is -5.61. The third kappa shape index (κ3) is 8.60. The molecular formula is C41H47N7O6. The van der Waals surface area contributed by atoms with Crippen molar-refractivity contribution in [3.63, 3.8) is 0 Å². The summed E-state index contributed by atoms with van der Waals surface area (Å²) in [6.45, 7) is 17.4. The van der Waals surface area contributed by atoms with Gasteiger partial charge >= 0.3 is 18.2 Å². The molecule has 13 nitrogen and oxygen atoms in total. The van der Waals surface area contributed by atoms with Gasteiger partial charge in [0.1, 0.15) is 36.8 Å². The van der Waals surface area contributed by atoms with Crippen LogP contribution in [-0.2, 0) is 33.8 Å². The molecule has 0 unspecified atom stereocenters. The number of ether oxygens (including phenoxy) is 4. The van der Waals surface area contributed by atoms with Crippen LogP contribution in [-0.4, -0.2) is 109 Å². The molecule has 2 fully saturated rings. The van der Waals surface area contributed by atoms with Crippen molar-refractivity contribution in [2.75, 3.05) is 68.8 Å². The first-order chi connectivity index (χ1) is 26.1. The van der Waals surface area contributed by atoms with Crippen molar-refractivity contribution in [1.29, 1.82) is 0 Å². The second-order valence-electron chi connectivity index (χ2n) is 14.8. The van der Waals surface area contributed by atoms with Crippen LogP contribution in [0.4, 0.5) is 21.1 Å². The number of rotatable bonds is 8. The van der Waals surface area contributed by atoms with Crippen LogP contribution in [0.3, 0.4) is 0 Å². The van der Waals surface area contributed by atoms with E-state index in [2.05, 4.69) is 51.0 Å². The Morgan fingerprint density at radius 2 is 1.70 bits per heavy atom. The molecule has 0 saturated carbocycles. The van der Waals surface area contributed by atoms with E-state index in [9.17, 15) is 9.59 Å². The molecule has 1 aromatic heterocycles. The van der Waals surface area contributed by atoms with Crippen molar-refractivity contribution in [2.24, 2.45) is 0 Å². The Morgan fingerprint density at radius 1 is 0.907 bits per heavy atom. The fourth-order valence-corrected chi connectivity index (χ4v) is 7.24. The summed E-state index contributed by atoms with van der Waals surface area (Å²) >= 11 is 0. The van der Waals surface area contributed by atoms with E-state index >= 15 is 0 Å². The zero-order valence-corrected chi connectivity index (χ0v) is 31.1. The maximum Gasteiger partial charge on any atom is 0.410 e. The van der Waals surface area contributed by atoms with Gasteiger partial charge in [-0.3, -0.25) is 4.90 Å². The van der Waals surface area contributed by atoms with Crippen LogP contribution in [0.15, 0.2) is 72.8 Å². The largest absolute Gasteiger partial charge is 0.461 e. The van der Waals surface area contributed by atoms with E-state index in [0.29, 0.717) is 52.3 Å². The molecule has 2 amide bonds. The Bertz CT molecular complexity index is 1990. The highest BCUT2D eigenvalue weighted by molar-refractivity contribution is 5.94. The molecule has 2 saturated heterocycles. The van der Waals surface area contributed by atoms with E-state index in [0.717, 1.165) is 34.9 Å². The maximum atomic E-state index is 13.3. The van der Waals surface area contributed by atoms with E-state index in [1.807, 2.05) is 57.2 Å². The molecule has 4 aromatic rings. The minimum atomic E-state index is -0.601. The summed E-state index contributed by atoms with van der Waals surface area (Å²) in [5.41, 5.74) is 3.33. The number of nitrogens with zero attached hydrogens (tertiary/aromatic N) is 7. The number of fused-ring (bicyclic) bond motifs is 2. The highest BCUT2D eigenvalue weighted by Gasteiger charge is 2.37. The number of carbonyl (C=O) groups excluding carboxylic acids is 2. The highest BCUT2D eigenvalue weighted by atomic mass is 16.6. The van der Waals surface area contributed by atoms with Crippen molar-refractivity contribution >= 4 is 34.5 Å². The topological polar surface area (TPSA) is 114 Å². The zero-order valence-electron chi connectivity index (χ0n) is 31.1. The average Bonchev–Trinajstić information content (AvgIpc) is 3.18. The number of morpholine rings is 1. The molecule has 0 radical (unpaired) electrons. The van der Waals surface area contributed by atoms with Crippen LogP contribution in [0.5, 0.6) is 6.01 Å². The van der Waals surface area contributed by atoms with Gasteiger partial charge in [-0.25, -0.2) is 16.2 Å². The molecule has 0 bridgehead atoms. The number of hydrogen-bond donors (Lipinski definition) is 0. The molecule has 13 heteroatoms. The van der Waals surface area contributed by atoms with Crippen molar-refractivity contribution in [1.82, 2.24) is 19.8 Å². The summed E-state index contributed by atoms with van der Waals surface area (Å²) in [5.74, 6) is 0.750. The van der Waals surface area contributed by atoms with Gasteiger partial charge in [0.25, 0.3) is 0 Å². The summed E-state index contributed by atoms with van der Waals surface area (Å²) in [7, 11) is 0. The van der Waals surface area contributed by atoms with Crippen molar-refractivity contribution in [3.8, 4) is 6.01 Å². The molecule has 0 N–H and O–H groups in total. The molecule has 4 heterocycles. The average molecular weight is 734 g/mol. The van der Waals surface area contributed by atoms with Crippen LogP contribution in [0, 0.1) is 6.57 Å². The number of amides is 2. The fraction of sp³-hybridized carbons (Fsp3) is 0.439. The van der Waals surface area contributed by atoms with Crippen molar-refractivity contribution in [2.45, 2.75) is 58.1 Å². The maximum absolute atomic E-state index is 13.3. The van der Waals surface area contributed by atoms with Gasteiger partial charge in [-0.2, -0.15) is 9.97 Å². The number of carbonyl (C=O) groups is 2. The van der Waals surface area contributed by atoms with E-state index in [-0.39, 0.29) is 37.9 Å². The van der Waals surface area contributed by atoms with E-state index in [1.165, 1.54) is 10.8 Å². The fourth-order valence-electron chi connectivity index (χ4n) is 7.24. The number of anilines is 2. The standard InChI is InChI=1S/C41H47N7O6/c1-41(2,3)54-39(49)47-21-22-51-32(25-47)28-52-38-43-35-26-45(36-16-10-14-30-13-8-9-15-33(30)36)18-17-34(35)37(44-38)46-19-20-48(31(24-46)23-42-4)40(50)53-27-29-11-6-5-7-12-29/h5-16,31-32H,17-28H2,1-3H3/t31-,32+/m0/s1. The van der Waals surface area contributed by atoms with E-state index in [4.69, 9.17) is 35.5 Å². The summed E-state index contributed by atoms with van der Waals surface area (Å²) in [6.07, 6.45) is -0.499. The Balaban J connectivity index is 1.12. The van der Waals surface area contributed by atoms with Crippen LogP contribution in [0.1, 0.15) is 37.6 Å². The second kappa shape index (κ2) is 16.2. The lowest BCUT2D eigenvalue weighted by Crippen LogP contribution is -2.57. The molecule has 54 heavy (non-hydrogen) atoms. The van der Waals surface area contributed by atoms with Gasteiger partial charge in [0.2, 0.25) is 6.54 Å². The molecule has 3 aromatic carbocycles. The molecule has 282 valence electrons. The smallest absolute Gasteiger partial charge is 0.410 e. The minimum Gasteiger partial charge on any atom is -0.461 e. The normalized spacial score (nSPS) is 18.9. The number of aromatic nitrogens is 2. The number of hydrogen-bond acceptors (Lipinski definition) is 10. The highest BCUT2D eigenvalue weighted by Crippen LogP contribution is 2.35. The Kier molecular flexibility index (Phi) is 11.0. The van der Waals surface area contributed by atoms with Gasteiger partial charge in [0.05, 0.1) is 25.4 Å². The first-order valence-electron chi connectivity index (χ1n) is 18.6. The van der Waals surface area contributed by atoms with Gasteiger partial charge in [0.15, 0.2) is 0 Å². The summed E-state index contributed by atoms with van der Waals surface area (Å²) in [6, 6.07) is 24.1. The summed E-state index contributed by atoms with van der Waals surface area (Å²) in [4.78, 5) is 47.6. The molecule has 0 spiro atoms. The van der Waals surface area contributed by atoms with Gasteiger partial charge in [-0.05, 0) is 44.2 Å². The number of piperazine rings is 1. The van der Waals surface area contributed by atoms with Crippen LogP contribution in [0.25, 0.3) is 15.6 Å². The number of benzene rings is 3. The summed E-state index contributed by atoms with van der Waals surface area (Å²) in [5, 5.41) is 2.35. The predicted octanol–water partition coefficient (Wildman–Crippen LogP) is 5.95. The third-order valence-electron chi connectivity index (χ3n) is 9.84. The van der Waals surface area contributed by atoms with Crippen LogP contribution in [0.2, 0.25) is 0 Å². The monoisotopic (exact) mass is 733 g/mol. The van der Waals surface area contributed by atoms with E-state index in [1.54, 1.807) is 9.80 Å². The molecular weight excluding hydrogens is 686 g/mol. The van der Waals surface area contributed by atoms with E-state index < -0.39 is 17.8 Å². The van der Waals surface area contributed by atoms with Gasteiger partial charge in [-0.15, -0.1) is 0 Å². The first-order valence-corrected chi connectivity index (χ1v) is 18.6. The third-order valence-corrected chi connectivity index (χ3v) is 9.84. The summed E-state index contributed by atoms with van der Waals surface area (Å²) < 4.78 is 23.5. The first kappa shape index (κ1) is 36.7. The lowest BCUT2D eigenvalue weighted by atomic mass is 10.0. The lowest BCUT2D eigenvalue weighted by Gasteiger charge is -2.40. The molecule has 2 atom stereocenters. The lowest BCUT2D eigenvalue weighted by molar-refractivity contribution is -0.0566. The quantitative estimate of drug-likeness (QED) is 0.201. The van der Waals surface area contributed by atoms with Crippen molar-refractivity contribution < 1.29 is 28.5 Å². The predicted molar refractivity (Wildman–Crippen MR) is 205 cm³/mol.